The Balaban J connectivity index is 1.82. The zero-order chi connectivity index (χ0) is 16.5. The maximum atomic E-state index is 2.38. The van der Waals surface area contributed by atoms with E-state index in [1.165, 1.54) is 58.1 Å². The number of aryl methyl sites for hydroxylation is 1. The minimum absolute atomic E-state index is 1.32. The molecule has 0 saturated carbocycles. The molecule has 0 aliphatic rings. The van der Waals surface area contributed by atoms with Crippen LogP contribution in [0.2, 0.25) is 0 Å². The highest BCUT2D eigenvalue weighted by molar-refractivity contribution is 7.17. The molecule has 25 heavy (non-hydrogen) atoms. The van der Waals surface area contributed by atoms with Gasteiger partial charge in [-0.3, -0.25) is 0 Å². The Labute approximate surface area is 152 Å². The summed E-state index contributed by atoms with van der Waals surface area (Å²) in [6.07, 6.45) is 0. The van der Waals surface area contributed by atoms with Crippen LogP contribution >= 0.6 is 22.7 Å². The molecule has 0 bridgehead atoms. The van der Waals surface area contributed by atoms with Crippen molar-refractivity contribution in [3.8, 4) is 0 Å². The van der Waals surface area contributed by atoms with Crippen molar-refractivity contribution < 1.29 is 0 Å². The van der Waals surface area contributed by atoms with Gasteiger partial charge in [0.05, 0.1) is 0 Å². The minimum atomic E-state index is 1.32. The van der Waals surface area contributed by atoms with Gasteiger partial charge < -0.3 is 0 Å². The average molecular weight is 354 g/mol. The summed E-state index contributed by atoms with van der Waals surface area (Å²) in [5.74, 6) is 0. The quantitative estimate of drug-likeness (QED) is 0.243. The second-order valence-corrected chi connectivity index (χ2v) is 8.61. The van der Waals surface area contributed by atoms with Crippen LogP contribution in [-0.2, 0) is 0 Å². The highest BCUT2D eigenvalue weighted by atomic mass is 32.1. The molecule has 0 nitrogen and oxygen atoms in total. The van der Waals surface area contributed by atoms with Crippen LogP contribution in [0.3, 0.4) is 0 Å². The van der Waals surface area contributed by atoms with Crippen molar-refractivity contribution in [1.29, 1.82) is 0 Å². The van der Waals surface area contributed by atoms with Crippen LogP contribution in [0, 0.1) is 6.92 Å². The van der Waals surface area contributed by atoms with E-state index in [1.54, 1.807) is 0 Å². The lowest BCUT2D eigenvalue weighted by molar-refractivity contribution is 1.61. The van der Waals surface area contributed by atoms with Crippen molar-refractivity contribution in [1.82, 2.24) is 0 Å². The van der Waals surface area contributed by atoms with Crippen LogP contribution in [0.4, 0.5) is 0 Å². The maximum absolute atomic E-state index is 2.38. The summed E-state index contributed by atoms with van der Waals surface area (Å²) < 4.78 is 2.75. The normalized spacial score (nSPS) is 12.2. The first-order valence-electron chi connectivity index (χ1n) is 8.42. The molecule has 0 radical (unpaired) electrons. The van der Waals surface area contributed by atoms with Gasteiger partial charge in [-0.15, -0.1) is 22.7 Å². The largest absolute Gasteiger partial charge is 0.144 e. The van der Waals surface area contributed by atoms with Crippen molar-refractivity contribution in [2.75, 3.05) is 0 Å². The Morgan fingerprint density at radius 1 is 0.560 bits per heavy atom. The Morgan fingerprint density at radius 2 is 1.28 bits per heavy atom. The fourth-order valence-electron chi connectivity index (χ4n) is 3.98. The van der Waals surface area contributed by atoms with E-state index in [-0.39, 0.29) is 0 Å². The van der Waals surface area contributed by atoms with Crippen LogP contribution in [0.5, 0.6) is 0 Å². The van der Waals surface area contributed by atoms with Gasteiger partial charge in [0.1, 0.15) is 0 Å². The third kappa shape index (κ3) is 1.87. The molecule has 0 N–H and O–H groups in total. The molecule has 2 heteroatoms. The van der Waals surface area contributed by atoms with Crippen molar-refractivity contribution in [3.05, 3.63) is 70.9 Å². The van der Waals surface area contributed by atoms with Gasteiger partial charge in [0.2, 0.25) is 0 Å². The Bertz CT molecular complexity index is 1450. The fraction of sp³-hybridized carbons (Fsp3) is 0.0435. The van der Waals surface area contributed by atoms with Crippen LogP contribution in [0.15, 0.2) is 65.4 Å². The predicted molar refractivity (Wildman–Crippen MR) is 114 cm³/mol. The molecule has 2 heterocycles. The van der Waals surface area contributed by atoms with Crippen LogP contribution in [-0.4, -0.2) is 0 Å². The Hall–Kier alpha value is -2.42. The summed E-state index contributed by atoms with van der Waals surface area (Å²) in [5.41, 5.74) is 1.38. The maximum Gasteiger partial charge on any atom is 0.0352 e. The van der Waals surface area contributed by atoms with Gasteiger partial charge in [0.15, 0.2) is 0 Å². The van der Waals surface area contributed by atoms with Crippen molar-refractivity contribution in [2.45, 2.75) is 6.92 Å². The highest BCUT2D eigenvalue weighted by Crippen LogP contribution is 2.37. The van der Waals surface area contributed by atoms with E-state index in [4.69, 9.17) is 0 Å². The average Bonchev–Trinajstić information content (AvgIpc) is 3.24. The number of fused-ring (bicyclic) bond motifs is 7. The number of rotatable bonds is 0. The molecule has 118 valence electrons. The topological polar surface area (TPSA) is 0 Å². The smallest absolute Gasteiger partial charge is 0.0352 e. The van der Waals surface area contributed by atoms with Gasteiger partial charge in [0, 0.05) is 9.40 Å². The number of hydrogen-bond donors (Lipinski definition) is 0. The molecule has 0 spiro atoms. The fourth-order valence-corrected chi connectivity index (χ4v) is 5.76. The second kappa shape index (κ2) is 4.81. The minimum Gasteiger partial charge on any atom is -0.144 e. The van der Waals surface area contributed by atoms with E-state index < -0.39 is 0 Å². The van der Waals surface area contributed by atoms with E-state index in [0.717, 1.165) is 0 Å². The van der Waals surface area contributed by atoms with Crippen molar-refractivity contribution in [2.24, 2.45) is 0 Å². The van der Waals surface area contributed by atoms with Crippen molar-refractivity contribution >= 4 is 75.2 Å². The molecule has 0 amide bonds. The van der Waals surface area contributed by atoms with Gasteiger partial charge >= 0.3 is 0 Å². The molecule has 0 aliphatic carbocycles. The molecule has 0 fully saturated rings. The molecule has 0 atom stereocenters. The summed E-state index contributed by atoms with van der Waals surface area (Å²) in [5, 5.41) is 15.2. The first kappa shape index (κ1) is 13.8. The molecule has 0 aliphatic heterocycles. The van der Waals surface area contributed by atoms with Crippen LogP contribution < -0.4 is 0 Å². The zero-order valence-corrected chi connectivity index (χ0v) is 15.3. The standard InChI is InChI=1S/C23H14S2/c1-13-12-25-23-11-21-15(9-19(13)23)3-5-17-18(21)4-2-14-8-16-6-7-24-22(16)10-20(14)17/h2-12H,1H3. The van der Waals surface area contributed by atoms with Crippen molar-refractivity contribution in [3.63, 3.8) is 0 Å². The van der Waals surface area contributed by atoms with Gasteiger partial charge in [-0.1, -0.05) is 24.3 Å². The third-order valence-corrected chi connectivity index (χ3v) is 7.24. The van der Waals surface area contributed by atoms with E-state index in [1.807, 2.05) is 22.7 Å². The number of hydrogen-bond acceptors (Lipinski definition) is 2. The summed E-state index contributed by atoms with van der Waals surface area (Å²) in [7, 11) is 0. The lowest BCUT2D eigenvalue weighted by Gasteiger charge is -2.09. The number of benzene rings is 4. The SMILES string of the molecule is Cc1csc2cc3c(ccc4c5cc6sccc6cc5ccc34)cc12. The summed E-state index contributed by atoms with van der Waals surface area (Å²) in [6, 6.07) is 20.8. The van der Waals surface area contributed by atoms with Gasteiger partial charge in [-0.25, -0.2) is 0 Å². The molecular weight excluding hydrogens is 340 g/mol. The van der Waals surface area contributed by atoms with E-state index in [0.29, 0.717) is 0 Å². The monoisotopic (exact) mass is 354 g/mol. The number of thiophene rings is 2. The second-order valence-electron chi connectivity index (χ2n) is 6.75. The van der Waals surface area contributed by atoms with Gasteiger partial charge in [0.25, 0.3) is 0 Å². The molecule has 4 aromatic carbocycles. The summed E-state index contributed by atoms with van der Waals surface area (Å²) in [4.78, 5) is 0. The van der Waals surface area contributed by atoms with Crippen LogP contribution in [0.1, 0.15) is 5.56 Å². The lowest BCUT2D eigenvalue weighted by atomic mass is 9.96. The Morgan fingerprint density at radius 3 is 2.08 bits per heavy atom. The molecule has 0 unspecified atom stereocenters. The summed E-state index contributed by atoms with van der Waals surface area (Å²) >= 11 is 3.67. The first-order valence-corrected chi connectivity index (χ1v) is 10.2. The van der Waals surface area contributed by atoms with Gasteiger partial charge in [-0.05, 0) is 96.7 Å². The molecule has 0 saturated heterocycles. The van der Waals surface area contributed by atoms with Gasteiger partial charge in [-0.2, -0.15) is 0 Å². The van der Waals surface area contributed by atoms with Crippen LogP contribution in [0.25, 0.3) is 52.5 Å². The predicted octanol–water partition coefficient (Wildman–Crippen LogP) is 7.88. The molecule has 6 aromatic rings. The first-order chi connectivity index (χ1) is 12.3. The third-order valence-electron chi connectivity index (χ3n) is 5.29. The molecule has 2 aromatic heterocycles. The molecular formula is C23H14S2. The highest BCUT2D eigenvalue weighted by Gasteiger charge is 2.09. The van der Waals surface area contributed by atoms with E-state index in [2.05, 4.69) is 72.3 Å². The van der Waals surface area contributed by atoms with E-state index in [9.17, 15) is 0 Å². The van der Waals surface area contributed by atoms with E-state index >= 15 is 0 Å². The Kier molecular flexibility index (Phi) is 2.66. The molecule has 6 rings (SSSR count). The summed E-state index contributed by atoms with van der Waals surface area (Å²) in [6.45, 7) is 2.20. The zero-order valence-electron chi connectivity index (χ0n) is 13.7. The lowest BCUT2D eigenvalue weighted by Crippen LogP contribution is -1.81.